The molecule has 10 heteroatoms. The Labute approximate surface area is 216 Å². The second-order valence-electron chi connectivity index (χ2n) is 9.39. The van der Waals surface area contributed by atoms with Crippen LogP contribution in [0.1, 0.15) is 46.7 Å². The molecule has 9 nitrogen and oxygen atoms in total. The van der Waals surface area contributed by atoms with Gasteiger partial charge in [0, 0.05) is 56.2 Å². The summed E-state index contributed by atoms with van der Waals surface area (Å²) >= 11 is 0. The highest BCUT2D eigenvalue weighted by molar-refractivity contribution is 6.42. The second-order valence-corrected chi connectivity index (χ2v) is 9.39. The number of benzene rings is 1. The lowest BCUT2D eigenvalue weighted by Gasteiger charge is -2.30. The van der Waals surface area contributed by atoms with Crippen molar-refractivity contribution in [3.63, 3.8) is 0 Å². The molecule has 0 spiro atoms. The largest absolute Gasteiger partial charge is 0.366 e. The van der Waals surface area contributed by atoms with Crippen molar-refractivity contribution in [2.24, 2.45) is 5.73 Å². The van der Waals surface area contributed by atoms with E-state index in [4.69, 9.17) is 5.73 Å². The van der Waals surface area contributed by atoms with E-state index in [-0.39, 0.29) is 5.57 Å². The topological polar surface area (TPSA) is 104 Å². The highest BCUT2D eigenvalue weighted by atomic mass is 19.1. The van der Waals surface area contributed by atoms with Crippen molar-refractivity contribution in [1.29, 1.82) is 0 Å². The number of rotatable bonds is 7. The quantitative estimate of drug-likeness (QED) is 0.558. The number of urea groups is 1. The molecule has 0 aliphatic carbocycles. The van der Waals surface area contributed by atoms with Gasteiger partial charge in [-0.25, -0.2) is 14.1 Å². The number of fused-ring (bicyclic) bond motifs is 1. The van der Waals surface area contributed by atoms with E-state index in [9.17, 15) is 18.8 Å². The van der Waals surface area contributed by atoms with E-state index in [1.165, 1.54) is 18.2 Å². The molecule has 0 radical (unpaired) electrons. The van der Waals surface area contributed by atoms with Crippen LogP contribution in [-0.4, -0.2) is 78.0 Å². The number of hydrogen-bond donors (Lipinski definition) is 2. The highest BCUT2D eigenvalue weighted by Gasteiger charge is 2.39. The molecule has 1 fully saturated rings. The summed E-state index contributed by atoms with van der Waals surface area (Å²) in [5.41, 5.74) is 9.04. The van der Waals surface area contributed by atoms with Crippen LogP contribution >= 0.6 is 0 Å². The fraction of sp³-hybridized carbons (Fsp3) is 0.444. The molecule has 2 aromatic rings. The SMILES string of the molecule is CCN(CC)CCn1c(C)c(C(N)=O)c(C)c1C=C1C(=O)N(C(=O)N2CCNCC2)c2ccc(F)cc21. The maximum Gasteiger partial charge on any atom is 0.331 e. The number of halogens is 1. The van der Waals surface area contributed by atoms with Crippen molar-refractivity contribution in [2.45, 2.75) is 34.2 Å². The zero-order valence-corrected chi connectivity index (χ0v) is 21.9. The molecular weight excluding hydrogens is 475 g/mol. The fourth-order valence-electron chi connectivity index (χ4n) is 5.26. The van der Waals surface area contributed by atoms with Crippen molar-refractivity contribution >= 4 is 35.2 Å². The molecule has 1 aromatic heterocycles. The Hall–Kier alpha value is -3.50. The summed E-state index contributed by atoms with van der Waals surface area (Å²) in [6, 6.07) is 3.58. The van der Waals surface area contributed by atoms with Gasteiger partial charge in [-0.15, -0.1) is 0 Å². The van der Waals surface area contributed by atoms with Gasteiger partial charge in [-0.3, -0.25) is 9.59 Å². The van der Waals surface area contributed by atoms with Gasteiger partial charge in [0.1, 0.15) is 5.82 Å². The van der Waals surface area contributed by atoms with E-state index in [1.54, 1.807) is 17.9 Å². The van der Waals surface area contributed by atoms with Crippen LogP contribution in [0.4, 0.5) is 14.9 Å². The maximum atomic E-state index is 14.4. The standard InChI is InChI=1S/C27H35FN6O3/c1-5-31(6-2)13-14-33-18(4)24(25(29)35)17(3)23(33)16-21-20-15-19(28)7-8-22(20)34(26(21)36)27(37)32-11-9-30-10-12-32/h7-8,15-16,30H,5-6,9-14H2,1-4H3,(H2,29,35). The molecule has 198 valence electrons. The predicted octanol–water partition coefficient (Wildman–Crippen LogP) is 2.60. The Bertz CT molecular complexity index is 1260. The Morgan fingerprint density at radius 1 is 1.16 bits per heavy atom. The molecule has 3 N–H and O–H groups in total. The molecule has 2 aliphatic heterocycles. The van der Waals surface area contributed by atoms with Crippen LogP contribution in [-0.2, 0) is 11.3 Å². The van der Waals surface area contributed by atoms with E-state index < -0.39 is 23.7 Å². The van der Waals surface area contributed by atoms with Crippen LogP contribution < -0.4 is 16.0 Å². The number of anilines is 1. The van der Waals surface area contributed by atoms with Crippen LogP contribution in [0.15, 0.2) is 18.2 Å². The summed E-state index contributed by atoms with van der Waals surface area (Å²) in [4.78, 5) is 44.5. The van der Waals surface area contributed by atoms with E-state index in [2.05, 4.69) is 24.1 Å². The van der Waals surface area contributed by atoms with Gasteiger partial charge in [-0.1, -0.05) is 13.8 Å². The summed E-state index contributed by atoms with van der Waals surface area (Å²) in [5.74, 6) is -1.56. The van der Waals surface area contributed by atoms with Gasteiger partial charge in [0.05, 0.1) is 16.8 Å². The molecule has 0 bridgehead atoms. The third-order valence-electron chi connectivity index (χ3n) is 7.38. The Morgan fingerprint density at radius 2 is 1.84 bits per heavy atom. The average Bonchev–Trinajstić information content (AvgIpc) is 3.29. The van der Waals surface area contributed by atoms with Crippen molar-refractivity contribution in [3.05, 3.63) is 52.1 Å². The molecule has 2 aliphatic rings. The second kappa shape index (κ2) is 10.9. The normalized spacial score (nSPS) is 16.7. The summed E-state index contributed by atoms with van der Waals surface area (Å²) in [6.07, 6.45) is 1.67. The number of amides is 4. The number of piperazine rings is 1. The fourth-order valence-corrected chi connectivity index (χ4v) is 5.26. The number of carbonyl (C=O) groups is 3. The number of nitrogens with zero attached hydrogens (tertiary/aromatic N) is 4. The number of nitrogens with one attached hydrogen (secondary N) is 1. The number of primary amides is 1. The zero-order chi connectivity index (χ0) is 26.9. The summed E-state index contributed by atoms with van der Waals surface area (Å²) in [6.45, 7) is 13.1. The number of carbonyl (C=O) groups excluding carboxylic acids is 3. The van der Waals surface area contributed by atoms with Crippen molar-refractivity contribution in [3.8, 4) is 0 Å². The van der Waals surface area contributed by atoms with Gasteiger partial charge in [0.15, 0.2) is 0 Å². The number of nitrogens with two attached hydrogens (primary N) is 1. The van der Waals surface area contributed by atoms with Crippen LogP contribution in [0.3, 0.4) is 0 Å². The molecule has 1 aromatic carbocycles. The van der Waals surface area contributed by atoms with Gasteiger partial charge >= 0.3 is 6.03 Å². The van der Waals surface area contributed by atoms with Gasteiger partial charge in [-0.05, 0) is 56.8 Å². The zero-order valence-electron chi connectivity index (χ0n) is 21.9. The minimum Gasteiger partial charge on any atom is -0.366 e. The van der Waals surface area contributed by atoms with Crippen LogP contribution in [0.25, 0.3) is 11.6 Å². The number of likely N-dealkylation sites (N-methyl/N-ethyl adjacent to an activating group) is 1. The van der Waals surface area contributed by atoms with Gasteiger partial charge < -0.3 is 25.4 Å². The van der Waals surface area contributed by atoms with Gasteiger partial charge in [0.2, 0.25) is 0 Å². The van der Waals surface area contributed by atoms with Crippen molar-refractivity contribution < 1.29 is 18.8 Å². The smallest absolute Gasteiger partial charge is 0.331 e. The maximum absolute atomic E-state index is 14.4. The summed E-state index contributed by atoms with van der Waals surface area (Å²) in [7, 11) is 0. The van der Waals surface area contributed by atoms with E-state index in [0.29, 0.717) is 66.5 Å². The Morgan fingerprint density at radius 3 is 2.46 bits per heavy atom. The van der Waals surface area contributed by atoms with Crippen LogP contribution in [0, 0.1) is 19.7 Å². The number of imide groups is 1. The molecule has 0 unspecified atom stereocenters. The molecule has 37 heavy (non-hydrogen) atoms. The molecule has 3 heterocycles. The summed E-state index contributed by atoms with van der Waals surface area (Å²) < 4.78 is 16.4. The van der Waals surface area contributed by atoms with Crippen molar-refractivity contribution in [2.75, 3.05) is 50.7 Å². The van der Waals surface area contributed by atoms with Gasteiger partial charge in [-0.2, -0.15) is 0 Å². The van der Waals surface area contributed by atoms with E-state index in [0.717, 1.165) is 24.5 Å². The minimum atomic E-state index is -0.545. The molecule has 1 saturated heterocycles. The predicted molar refractivity (Wildman–Crippen MR) is 142 cm³/mol. The molecule has 4 amide bonds. The third kappa shape index (κ3) is 4.91. The molecule has 0 atom stereocenters. The first-order valence-electron chi connectivity index (χ1n) is 12.8. The Balaban J connectivity index is 1.82. The van der Waals surface area contributed by atoms with Crippen LogP contribution in [0.2, 0.25) is 0 Å². The molecule has 4 rings (SSSR count). The summed E-state index contributed by atoms with van der Waals surface area (Å²) in [5, 5.41) is 3.19. The van der Waals surface area contributed by atoms with Crippen LogP contribution in [0.5, 0.6) is 0 Å². The first kappa shape index (κ1) is 26.6. The first-order chi connectivity index (χ1) is 17.7. The lowest BCUT2D eigenvalue weighted by Crippen LogP contribution is -2.52. The van der Waals surface area contributed by atoms with Crippen molar-refractivity contribution in [1.82, 2.24) is 19.7 Å². The number of aromatic nitrogens is 1. The van der Waals surface area contributed by atoms with E-state index >= 15 is 0 Å². The molecule has 0 saturated carbocycles. The van der Waals surface area contributed by atoms with E-state index in [1.807, 2.05) is 11.5 Å². The minimum absolute atomic E-state index is 0.207. The third-order valence-corrected chi connectivity index (χ3v) is 7.38. The van der Waals surface area contributed by atoms with Gasteiger partial charge in [0.25, 0.3) is 11.8 Å². The first-order valence-corrected chi connectivity index (χ1v) is 12.8. The monoisotopic (exact) mass is 510 g/mol. The Kier molecular flexibility index (Phi) is 7.79. The average molecular weight is 511 g/mol. The molecular formula is C27H35FN6O3. The lowest BCUT2D eigenvalue weighted by molar-refractivity contribution is -0.112. The highest BCUT2D eigenvalue weighted by Crippen LogP contribution is 2.40. The lowest BCUT2D eigenvalue weighted by atomic mass is 10.0. The number of hydrogen-bond acceptors (Lipinski definition) is 5.